The number of hydrogen-bond donors (Lipinski definition) is 0. The summed E-state index contributed by atoms with van der Waals surface area (Å²) in [6.07, 6.45) is 8.18. The molecule has 0 spiro atoms. The fourth-order valence-corrected chi connectivity index (χ4v) is 4.07. The molecule has 4 nitrogen and oxygen atoms in total. The van der Waals surface area contributed by atoms with Crippen LogP contribution in [0.5, 0.6) is 0 Å². The van der Waals surface area contributed by atoms with E-state index in [1.807, 2.05) is 17.5 Å². The first-order chi connectivity index (χ1) is 10.8. The number of carbonyl (C=O) groups excluding carboxylic acids is 2. The largest absolute Gasteiger partial charge is 0.461 e. The maximum Gasteiger partial charge on any atom is 0.329 e. The SMILES string of the molecule is O=C(OC1CCCCC1)C1CCCCN1C(=O)c1cccs1. The van der Waals surface area contributed by atoms with Crippen LogP contribution in [0.2, 0.25) is 0 Å². The molecule has 0 bridgehead atoms. The molecule has 0 N–H and O–H groups in total. The van der Waals surface area contributed by atoms with Crippen LogP contribution in [0.4, 0.5) is 0 Å². The van der Waals surface area contributed by atoms with Crippen LogP contribution in [0.1, 0.15) is 61.0 Å². The number of nitrogens with zero attached hydrogens (tertiary/aromatic N) is 1. The van der Waals surface area contributed by atoms with Gasteiger partial charge in [-0.1, -0.05) is 12.5 Å². The third-order valence-corrected chi connectivity index (χ3v) is 5.46. The number of esters is 1. The third kappa shape index (κ3) is 3.51. The van der Waals surface area contributed by atoms with E-state index in [0.717, 1.165) is 44.9 Å². The Balaban J connectivity index is 1.66. The predicted octanol–water partition coefficient (Wildman–Crippen LogP) is 3.62. The second-order valence-corrected chi connectivity index (χ2v) is 7.13. The number of amides is 1. The molecule has 22 heavy (non-hydrogen) atoms. The fraction of sp³-hybridized carbons (Fsp3) is 0.647. The van der Waals surface area contributed by atoms with Gasteiger partial charge < -0.3 is 9.64 Å². The lowest BCUT2D eigenvalue weighted by Gasteiger charge is -2.35. The van der Waals surface area contributed by atoms with Crippen molar-refractivity contribution >= 4 is 23.2 Å². The molecule has 1 saturated heterocycles. The summed E-state index contributed by atoms with van der Waals surface area (Å²) in [5, 5.41) is 1.90. The van der Waals surface area contributed by atoms with Crippen LogP contribution in [-0.2, 0) is 9.53 Å². The second kappa shape index (κ2) is 7.27. The number of piperidine rings is 1. The van der Waals surface area contributed by atoms with Crippen molar-refractivity contribution in [2.45, 2.75) is 63.5 Å². The van der Waals surface area contributed by atoms with Crippen LogP contribution in [0.15, 0.2) is 17.5 Å². The van der Waals surface area contributed by atoms with E-state index in [2.05, 4.69) is 0 Å². The Morgan fingerprint density at radius 2 is 1.86 bits per heavy atom. The minimum atomic E-state index is -0.398. The topological polar surface area (TPSA) is 46.6 Å². The summed E-state index contributed by atoms with van der Waals surface area (Å²) >= 11 is 1.43. The van der Waals surface area contributed by atoms with Crippen LogP contribution in [0.25, 0.3) is 0 Å². The van der Waals surface area contributed by atoms with Crippen LogP contribution < -0.4 is 0 Å². The molecular weight excluding hydrogens is 298 g/mol. The van der Waals surface area contributed by atoms with Crippen molar-refractivity contribution in [3.8, 4) is 0 Å². The van der Waals surface area contributed by atoms with Gasteiger partial charge in [-0.25, -0.2) is 4.79 Å². The van der Waals surface area contributed by atoms with Gasteiger partial charge in [-0.05, 0) is 56.4 Å². The lowest BCUT2D eigenvalue weighted by atomic mass is 9.97. The first-order valence-electron chi connectivity index (χ1n) is 8.30. The molecule has 2 fully saturated rings. The molecular formula is C17H23NO3S. The molecule has 1 unspecified atom stereocenters. The van der Waals surface area contributed by atoms with Gasteiger partial charge >= 0.3 is 5.97 Å². The molecule has 1 saturated carbocycles. The highest BCUT2D eigenvalue weighted by Gasteiger charge is 2.35. The second-order valence-electron chi connectivity index (χ2n) is 6.18. The molecule has 2 heterocycles. The first kappa shape index (κ1) is 15.5. The first-order valence-corrected chi connectivity index (χ1v) is 9.18. The summed E-state index contributed by atoms with van der Waals surface area (Å²) in [7, 11) is 0. The zero-order chi connectivity index (χ0) is 15.4. The van der Waals surface area contributed by atoms with Crippen LogP contribution in [0.3, 0.4) is 0 Å². The van der Waals surface area contributed by atoms with Crippen molar-refractivity contribution in [2.75, 3.05) is 6.54 Å². The quantitative estimate of drug-likeness (QED) is 0.799. The molecule has 1 aliphatic carbocycles. The average molecular weight is 321 g/mol. The van der Waals surface area contributed by atoms with Crippen molar-refractivity contribution in [1.29, 1.82) is 0 Å². The molecule has 1 aliphatic heterocycles. The molecule has 1 aromatic heterocycles. The summed E-state index contributed by atoms with van der Waals surface area (Å²) in [5.41, 5.74) is 0. The maximum atomic E-state index is 12.6. The molecule has 0 aromatic carbocycles. The average Bonchev–Trinajstić information content (AvgIpc) is 3.09. The number of likely N-dealkylation sites (tertiary alicyclic amines) is 1. The Bertz CT molecular complexity index is 508. The third-order valence-electron chi connectivity index (χ3n) is 4.60. The van der Waals surface area contributed by atoms with Crippen molar-refractivity contribution in [2.24, 2.45) is 0 Å². The standard InChI is InChI=1S/C17H23NO3S/c19-16(15-10-6-12-22-15)18-11-5-4-9-14(18)17(20)21-13-7-2-1-3-8-13/h6,10,12-14H,1-5,7-9,11H2. The summed E-state index contributed by atoms with van der Waals surface area (Å²) in [4.78, 5) is 27.6. The van der Waals surface area contributed by atoms with Gasteiger partial charge in [0.15, 0.2) is 0 Å². The molecule has 5 heteroatoms. The molecule has 1 aromatic rings. The van der Waals surface area contributed by atoms with Gasteiger partial charge in [0.25, 0.3) is 5.91 Å². The number of thiophene rings is 1. The smallest absolute Gasteiger partial charge is 0.329 e. The molecule has 3 rings (SSSR count). The maximum absolute atomic E-state index is 12.6. The van der Waals surface area contributed by atoms with E-state index < -0.39 is 6.04 Å². The highest BCUT2D eigenvalue weighted by atomic mass is 32.1. The Labute approximate surface area is 135 Å². The Morgan fingerprint density at radius 3 is 2.59 bits per heavy atom. The zero-order valence-electron chi connectivity index (χ0n) is 12.8. The van der Waals surface area contributed by atoms with Gasteiger partial charge in [-0.15, -0.1) is 11.3 Å². The summed E-state index contributed by atoms with van der Waals surface area (Å²) in [5.74, 6) is -0.225. The summed E-state index contributed by atoms with van der Waals surface area (Å²) in [6, 6.07) is 3.30. The number of rotatable bonds is 3. The monoisotopic (exact) mass is 321 g/mol. The number of hydrogen-bond acceptors (Lipinski definition) is 4. The van der Waals surface area contributed by atoms with E-state index in [-0.39, 0.29) is 18.0 Å². The van der Waals surface area contributed by atoms with Gasteiger partial charge in [-0.3, -0.25) is 4.79 Å². The van der Waals surface area contributed by atoms with Gasteiger partial charge in [0.1, 0.15) is 12.1 Å². The Hall–Kier alpha value is -1.36. The van der Waals surface area contributed by atoms with Gasteiger partial charge in [0, 0.05) is 6.54 Å². The van der Waals surface area contributed by atoms with Crippen molar-refractivity contribution in [3.63, 3.8) is 0 Å². The van der Waals surface area contributed by atoms with Gasteiger partial charge in [0.05, 0.1) is 4.88 Å². The summed E-state index contributed by atoms with van der Waals surface area (Å²) in [6.45, 7) is 0.654. The van der Waals surface area contributed by atoms with E-state index in [4.69, 9.17) is 4.74 Å². The van der Waals surface area contributed by atoms with Gasteiger partial charge in [0.2, 0.25) is 0 Å². The minimum absolute atomic E-state index is 0.0275. The molecule has 1 atom stereocenters. The van der Waals surface area contributed by atoms with Crippen LogP contribution in [-0.4, -0.2) is 35.5 Å². The van der Waals surface area contributed by atoms with Crippen molar-refractivity contribution < 1.29 is 14.3 Å². The highest BCUT2D eigenvalue weighted by Crippen LogP contribution is 2.25. The molecule has 120 valence electrons. The van der Waals surface area contributed by atoms with E-state index in [1.54, 1.807) is 4.90 Å². The fourth-order valence-electron chi connectivity index (χ4n) is 3.39. The Morgan fingerprint density at radius 1 is 1.09 bits per heavy atom. The summed E-state index contributed by atoms with van der Waals surface area (Å²) < 4.78 is 5.70. The molecule has 2 aliphatic rings. The van der Waals surface area contributed by atoms with Crippen molar-refractivity contribution in [3.05, 3.63) is 22.4 Å². The van der Waals surface area contributed by atoms with Crippen LogP contribution in [0, 0.1) is 0 Å². The number of ether oxygens (including phenoxy) is 1. The minimum Gasteiger partial charge on any atom is -0.461 e. The van der Waals surface area contributed by atoms with E-state index in [0.29, 0.717) is 11.4 Å². The van der Waals surface area contributed by atoms with Gasteiger partial charge in [-0.2, -0.15) is 0 Å². The van der Waals surface area contributed by atoms with Crippen LogP contribution >= 0.6 is 11.3 Å². The highest BCUT2D eigenvalue weighted by molar-refractivity contribution is 7.12. The Kier molecular flexibility index (Phi) is 5.13. The van der Waals surface area contributed by atoms with E-state index in [1.165, 1.54) is 17.8 Å². The van der Waals surface area contributed by atoms with E-state index in [9.17, 15) is 9.59 Å². The number of carbonyl (C=O) groups is 2. The van der Waals surface area contributed by atoms with E-state index >= 15 is 0 Å². The lowest BCUT2D eigenvalue weighted by Crippen LogP contribution is -2.49. The zero-order valence-corrected chi connectivity index (χ0v) is 13.6. The molecule has 1 amide bonds. The molecule has 0 radical (unpaired) electrons. The normalized spacial score (nSPS) is 23.3. The van der Waals surface area contributed by atoms with Crippen molar-refractivity contribution in [1.82, 2.24) is 4.90 Å². The lowest BCUT2D eigenvalue weighted by molar-refractivity contribution is -0.157. The predicted molar refractivity (Wildman–Crippen MR) is 86.0 cm³/mol.